The molecule has 0 bridgehead atoms. The van der Waals surface area contributed by atoms with E-state index in [-0.39, 0.29) is 0 Å². The Morgan fingerprint density at radius 3 is 2.59 bits per heavy atom. The first-order valence-corrected chi connectivity index (χ1v) is 6.30. The van der Waals surface area contributed by atoms with E-state index in [1.54, 1.807) is 0 Å². The maximum Gasteiger partial charge on any atom is 0.225 e. The van der Waals surface area contributed by atoms with Crippen LogP contribution in [-0.4, -0.2) is 36.3 Å². The van der Waals surface area contributed by atoms with Crippen molar-refractivity contribution < 1.29 is 4.74 Å². The van der Waals surface area contributed by atoms with Crippen LogP contribution >= 0.6 is 0 Å². The van der Waals surface area contributed by atoms with Crippen LogP contribution in [0, 0.1) is 13.8 Å². The van der Waals surface area contributed by atoms with Crippen molar-refractivity contribution in [2.45, 2.75) is 39.2 Å². The summed E-state index contributed by atoms with van der Waals surface area (Å²) >= 11 is 0. The van der Waals surface area contributed by atoms with Gasteiger partial charge in [-0.25, -0.2) is 9.97 Å². The van der Waals surface area contributed by atoms with Crippen LogP contribution in [-0.2, 0) is 4.74 Å². The Morgan fingerprint density at radius 1 is 1.29 bits per heavy atom. The van der Waals surface area contributed by atoms with E-state index < -0.39 is 0 Å². The first-order chi connectivity index (χ1) is 8.15. The van der Waals surface area contributed by atoms with Gasteiger partial charge in [-0.05, 0) is 39.2 Å². The molecule has 1 aliphatic heterocycles. The minimum Gasteiger partial charge on any atom is -0.376 e. The van der Waals surface area contributed by atoms with Crippen LogP contribution in [0.2, 0.25) is 0 Å². The van der Waals surface area contributed by atoms with E-state index in [1.165, 1.54) is 12.8 Å². The lowest BCUT2D eigenvalue weighted by Crippen LogP contribution is -2.34. The Labute approximate surface area is 103 Å². The molecule has 1 aromatic heterocycles. The smallest absolute Gasteiger partial charge is 0.225 e. The third kappa shape index (κ3) is 3.40. The van der Waals surface area contributed by atoms with Crippen molar-refractivity contribution in [2.24, 2.45) is 0 Å². The highest BCUT2D eigenvalue weighted by Crippen LogP contribution is 2.16. The van der Waals surface area contributed by atoms with Crippen molar-refractivity contribution in [2.75, 3.05) is 25.1 Å². The Bertz CT molecular complexity index is 355. The number of nitrogens with zero attached hydrogens (tertiary/aromatic N) is 3. The number of aryl methyl sites for hydroxylation is 2. The standard InChI is InChI=1S/C13H21N3O/c1-10-8-11(2)15-13(14-10)16(3)9-12-6-4-5-7-17-12/h8,12H,4-7,9H2,1-3H3. The summed E-state index contributed by atoms with van der Waals surface area (Å²) in [5.41, 5.74) is 2.04. The lowest BCUT2D eigenvalue weighted by molar-refractivity contribution is 0.0214. The number of hydrogen-bond donors (Lipinski definition) is 0. The van der Waals surface area contributed by atoms with Crippen molar-refractivity contribution in [1.29, 1.82) is 0 Å². The maximum absolute atomic E-state index is 5.73. The van der Waals surface area contributed by atoms with Crippen molar-refractivity contribution >= 4 is 5.95 Å². The molecule has 1 unspecified atom stereocenters. The van der Waals surface area contributed by atoms with Gasteiger partial charge in [0, 0.05) is 31.6 Å². The summed E-state index contributed by atoms with van der Waals surface area (Å²) in [7, 11) is 2.03. The van der Waals surface area contributed by atoms with Gasteiger partial charge in [0.1, 0.15) is 0 Å². The van der Waals surface area contributed by atoms with Gasteiger partial charge >= 0.3 is 0 Å². The summed E-state index contributed by atoms with van der Waals surface area (Å²) in [6, 6.07) is 1.99. The Kier molecular flexibility index (Phi) is 3.94. The van der Waals surface area contributed by atoms with Crippen LogP contribution in [0.15, 0.2) is 6.07 Å². The van der Waals surface area contributed by atoms with Crippen molar-refractivity contribution in [3.8, 4) is 0 Å². The molecule has 1 saturated heterocycles. The third-order valence-electron chi connectivity index (χ3n) is 3.06. The van der Waals surface area contributed by atoms with Gasteiger partial charge < -0.3 is 9.64 Å². The summed E-state index contributed by atoms with van der Waals surface area (Å²) in [4.78, 5) is 11.0. The number of likely N-dealkylation sites (N-methyl/N-ethyl adjacent to an activating group) is 1. The first-order valence-electron chi connectivity index (χ1n) is 6.30. The molecule has 0 radical (unpaired) electrons. The van der Waals surface area contributed by atoms with E-state index in [1.807, 2.05) is 27.0 Å². The van der Waals surface area contributed by atoms with Gasteiger partial charge in [-0.1, -0.05) is 0 Å². The van der Waals surface area contributed by atoms with E-state index in [9.17, 15) is 0 Å². The number of rotatable bonds is 3. The van der Waals surface area contributed by atoms with Gasteiger partial charge in [-0.3, -0.25) is 0 Å². The van der Waals surface area contributed by atoms with Crippen molar-refractivity contribution in [3.05, 3.63) is 17.5 Å². The van der Waals surface area contributed by atoms with E-state index in [4.69, 9.17) is 4.74 Å². The second-order valence-electron chi connectivity index (χ2n) is 4.82. The highest BCUT2D eigenvalue weighted by Gasteiger charge is 2.17. The molecule has 17 heavy (non-hydrogen) atoms. The SMILES string of the molecule is Cc1cc(C)nc(N(C)CC2CCCCO2)n1. The minimum atomic E-state index is 0.332. The largest absolute Gasteiger partial charge is 0.376 e. The average molecular weight is 235 g/mol. The van der Waals surface area contributed by atoms with E-state index in [0.717, 1.165) is 36.9 Å². The second kappa shape index (κ2) is 5.45. The van der Waals surface area contributed by atoms with Crippen LogP contribution < -0.4 is 4.90 Å². The number of anilines is 1. The molecule has 94 valence electrons. The van der Waals surface area contributed by atoms with E-state index in [2.05, 4.69) is 14.9 Å². The molecule has 1 aromatic rings. The maximum atomic E-state index is 5.73. The molecule has 2 heterocycles. The summed E-state index contributed by atoms with van der Waals surface area (Å²) in [5, 5.41) is 0. The molecule has 0 N–H and O–H groups in total. The normalized spacial score (nSPS) is 20.3. The van der Waals surface area contributed by atoms with Gasteiger partial charge in [-0.15, -0.1) is 0 Å². The predicted molar refractivity (Wildman–Crippen MR) is 68.4 cm³/mol. The van der Waals surface area contributed by atoms with Crippen molar-refractivity contribution in [3.63, 3.8) is 0 Å². The van der Waals surface area contributed by atoms with Crippen LogP contribution in [0.25, 0.3) is 0 Å². The fraction of sp³-hybridized carbons (Fsp3) is 0.692. The fourth-order valence-electron chi connectivity index (χ4n) is 2.22. The summed E-state index contributed by atoms with van der Waals surface area (Å²) in [6.45, 7) is 5.78. The number of aromatic nitrogens is 2. The van der Waals surface area contributed by atoms with Crippen molar-refractivity contribution in [1.82, 2.24) is 9.97 Å². The zero-order chi connectivity index (χ0) is 12.3. The Balaban J connectivity index is 2.00. The Hall–Kier alpha value is -1.16. The number of hydrogen-bond acceptors (Lipinski definition) is 4. The molecular weight excluding hydrogens is 214 g/mol. The molecule has 1 atom stereocenters. The zero-order valence-electron chi connectivity index (χ0n) is 10.9. The molecular formula is C13H21N3O. The quantitative estimate of drug-likeness (QED) is 0.804. The zero-order valence-corrected chi connectivity index (χ0v) is 10.9. The third-order valence-corrected chi connectivity index (χ3v) is 3.06. The first kappa shape index (κ1) is 12.3. The highest BCUT2D eigenvalue weighted by molar-refractivity contribution is 5.31. The summed E-state index contributed by atoms with van der Waals surface area (Å²) < 4.78 is 5.73. The van der Waals surface area contributed by atoms with Crippen LogP contribution in [0.5, 0.6) is 0 Å². The predicted octanol–water partition coefficient (Wildman–Crippen LogP) is 2.10. The van der Waals surface area contributed by atoms with Gasteiger partial charge in [0.25, 0.3) is 0 Å². The monoisotopic (exact) mass is 235 g/mol. The molecule has 0 amide bonds. The van der Waals surface area contributed by atoms with Gasteiger partial charge in [0.2, 0.25) is 5.95 Å². The topological polar surface area (TPSA) is 38.2 Å². The molecule has 2 rings (SSSR count). The molecule has 0 aliphatic carbocycles. The molecule has 1 aliphatic rings. The van der Waals surface area contributed by atoms with Gasteiger partial charge in [0.15, 0.2) is 0 Å². The fourth-order valence-corrected chi connectivity index (χ4v) is 2.22. The number of ether oxygens (including phenoxy) is 1. The summed E-state index contributed by atoms with van der Waals surface area (Å²) in [5.74, 6) is 0.802. The lowest BCUT2D eigenvalue weighted by Gasteiger charge is -2.27. The lowest BCUT2D eigenvalue weighted by atomic mass is 10.1. The molecule has 0 spiro atoms. The molecule has 1 fully saturated rings. The molecule has 0 saturated carbocycles. The van der Waals surface area contributed by atoms with E-state index in [0.29, 0.717) is 6.10 Å². The molecule has 4 heteroatoms. The minimum absolute atomic E-state index is 0.332. The Morgan fingerprint density at radius 2 is 2.00 bits per heavy atom. The van der Waals surface area contributed by atoms with Crippen LogP contribution in [0.1, 0.15) is 30.7 Å². The molecule has 4 nitrogen and oxygen atoms in total. The average Bonchev–Trinajstić information content (AvgIpc) is 2.29. The van der Waals surface area contributed by atoms with Gasteiger partial charge in [0.05, 0.1) is 6.10 Å². The van der Waals surface area contributed by atoms with Crippen LogP contribution in [0.4, 0.5) is 5.95 Å². The van der Waals surface area contributed by atoms with Gasteiger partial charge in [-0.2, -0.15) is 0 Å². The van der Waals surface area contributed by atoms with Crippen LogP contribution in [0.3, 0.4) is 0 Å². The summed E-state index contributed by atoms with van der Waals surface area (Å²) in [6.07, 6.45) is 3.94. The second-order valence-corrected chi connectivity index (χ2v) is 4.82. The van der Waals surface area contributed by atoms with E-state index >= 15 is 0 Å². The highest BCUT2D eigenvalue weighted by atomic mass is 16.5. The molecule has 0 aromatic carbocycles.